The number of hydrogen-bond acceptors (Lipinski definition) is 1. The van der Waals surface area contributed by atoms with Crippen LogP contribution in [-0.4, -0.2) is 12.6 Å². The van der Waals surface area contributed by atoms with Gasteiger partial charge in [-0.3, -0.25) is 0 Å². The van der Waals surface area contributed by atoms with Crippen molar-refractivity contribution >= 4 is 6.03 Å². The lowest BCUT2D eigenvalue weighted by Gasteiger charge is -2.05. The lowest BCUT2D eigenvalue weighted by Crippen LogP contribution is -2.29. The van der Waals surface area contributed by atoms with Crippen LogP contribution in [0.2, 0.25) is 0 Å². The van der Waals surface area contributed by atoms with Gasteiger partial charge in [-0.05, 0) is 6.42 Å². The summed E-state index contributed by atoms with van der Waals surface area (Å²) in [5.74, 6) is 0. The highest BCUT2D eigenvalue weighted by Crippen LogP contribution is 2.22. The average molecular weight is 1220 g/mol. The van der Waals surface area contributed by atoms with Gasteiger partial charge in [0, 0.05) is 6.54 Å². The predicted octanol–water partition coefficient (Wildman–Crippen LogP) is 31.3. The first kappa shape index (κ1) is 86.3. The third-order valence-electron chi connectivity index (χ3n) is 20.6. The largest absolute Gasteiger partial charge is 0.352 e. The van der Waals surface area contributed by atoms with Crippen molar-refractivity contribution in [1.29, 1.82) is 0 Å². The Labute approximate surface area is 552 Å². The summed E-state index contributed by atoms with van der Waals surface area (Å²) < 4.78 is 0. The molecule has 0 saturated carbocycles. The van der Waals surface area contributed by atoms with Gasteiger partial charge in [-0.25, -0.2) is 4.79 Å². The highest BCUT2D eigenvalue weighted by Gasteiger charge is 2.03. The molecule has 0 aliphatic rings. The Hall–Kier alpha value is -0.730. The fraction of sp³-hybridized carbons (Fsp3) is 0.988. The van der Waals surface area contributed by atoms with Crippen LogP contribution < -0.4 is 11.1 Å². The second kappa shape index (κ2) is 83.3. The number of unbranched alkanes of at least 4 members (excludes halogenated alkanes) is 80. The number of amides is 2. The molecule has 0 aromatic rings. The molecule has 0 aliphatic heterocycles. The zero-order valence-electron chi connectivity index (χ0n) is 61.0. The van der Waals surface area contributed by atoms with E-state index in [1.807, 2.05) is 0 Å². The molecule has 0 heterocycles. The number of carbonyl (C=O) groups is 1. The first-order valence-corrected chi connectivity index (χ1v) is 42.3. The number of carbonyl (C=O) groups excluding carboxylic acids is 1. The van der Waals surface area contributed by atoms with E-state index in [2.05, 4.69) is 12.2 Å². The highest BCUT2D eigenvalue weighted by atomic mass is 16.2. The molecule has 0 aromatic carbocycles. The number of rotatable bonds is 82. The van der Waals surface area contributed by atoms with Crippen molar-refractivity contribution < 1.29 is 4.79 Å². The monoisotopic (exact) mass is 1220 g/mol. The molecule has 0 rings (SSSR count). The maximum atomic E-state index is 10.7. The van der Waals surface area contributed by atoms with Crippen LogP contribution in [0.15, 0.2) is 0 Å². The Bertz CT molecular complexity index is 1170. The first-order chi connectivity index (χ1) is 43.3. The molecule has 522 valence electrons. The lowest BCUT2D eigenvalue weighted by atomic mass is 10.0. The zero-order chi connectivity index (χ0) is 62.3. The van der Waals surface area contributed by atoms with E-state index < -0.39 is 6.03 Å². The zero-order valence-corrected chi connectivity index (χ0v) is 61.0. The second-order valence-corrected chi connectivity index (χ2v) is 29.6. The summed E-state index contributed by atoms with van der Waals surface area (Å²) in [6.45, 7) is 3.05. The molecule has 3 heteroatoms. The van der Waals surface area contributed by atoms with E-state index in [0.717, 1.165) is 13.0 Å². The van der Waals surface area contributed by atoms with E-state index in [9.17, 15) is 4.79 Å². The van der Waals surface area contributed by atoms with E-state index >= 15 is 0 Å². The molecule has 0 aliphatic carbocycles. The summed E-state index contributed by atoms with van der Waals surface area (Å²) in [5.41, 5.74) is 5.10. The van der Waals surface area contributed by atoms with Gasteiger partial charge >= 0.3 is 6.03 Å². The van der Waals surface area contributed by atoms with Crippen molar-refractivity contribution in [3.63, 3.8) is 0 Å². The normalized spacial score (nSPS) is 11.7. The van der Waals surface area contributed by atoms with Gasteiger partial charge in [-0.1, -0.05) is 521 Å². The van der Waals surface area contributed by atoms with Crippen LogP contribution in [0.4, 0.5) is 4.79 Å². The summed E-state index contributed by atoms with van der Waals surface area (Å²) >= 11 is 0. The van der Waals surface area contributed by atoms with Crippen LogP contribution in [0.5, 0.6) is 0 Å². The summed E-state index contributed by atoms with van der Waals surface area (Å²) in [4.78, 5) is 10.7. The van der Waals surface area contributed by atoms with Crippen LogP contribution in [0.25, 0.3) is 0 Å². The minimum atomic E-state index is -0.395. The van der Waals surface area contributed by atoms with Gasteiger partial charge in [-0.15, -0.1) is 0 Å². The molecule has 0 radical (unpaired) electrons. The fourth-order valence-electron chi connectivity index (χ4n) is 14.4. The van der Waals surface area contributed by atoms with Crippen molar-refractivity contribution in [2.75, 3.05) is 6.54 Å². The van der Waals surface area contributed by atoms with Crippen molar-refractivity contribution in [3.05, 3.63) is 0 Å². The Morgan fingerprint density at radius 3 is 0.322 bits per heavy atom. The van der Waals surface area contributed by atoms with Crippen LogP contribution in [0.3, 0.4) is 0 Å². The van der Waals surface area contributed by atoms with E-state index in [-0.39, 0.29) is 0 Å². The molecule has 0 unspecified atom stereocenters. The molecule has 0 atom stereocenters. The molecule has 0 fully saturated rings. The number of nitrogens with one attached hydrogen (secondary N) is 1. The molecular weight excluding hydrogens is 1050 g/mol. The number of primary amides is 1. The van der Waals surface area contributed by atoms with Crippen LogP contribution in [0.1, 0.15) is 527 Å². The van der Waals surface area contributed by atoms with Gasteiger partial charge in [-0.2, -0.15) is 0 Å². The quantitative estimate of drug-likeness (QED) is 0.0586. The number of hydrogen-bond donors (Lipinski definition) is 2. The van der Waals surface area contributed by atoms with Gasteiger partial charge in [0.15, 0.2) is 0 Å². The SMILES string of the molecule is CCCCCCCCCCCCCCCCCCCCCCCCCCCCCCCCCCCCCCCCCCCCCCCCCCCCCCCCCCCCCCCCCCCCCCCCCCCCCCCCCCCNC(N)=O. The third-order valence-corrected chi connectivity index (χ3v) is 20.6. The van der Waals surface area contributed by atoms with Gasteiger partial charge in [0.2, 0.25) is 0 Å². The fourth-order valence-corrected chi connectivity index (χ4v) is 14.4. The van der Waals surface area contributed by atoms with Crippen LogP contribution >= 0.6 is 0 Å². The molecule has 2 amide bonds. The van der Waals surface area contributed by atoms with Crippen molar-refractivity contribution in [2.24, 2.45) is 5.73 Å². The van der Waals surface area contributed by atoms with E-state index in [4.69, 9.17) is 5.73 Å². The maximum Gasteiger partial charge on any atom is 0.312 e. The van der Waals surface area contributed by atoms with Gasteiger partial charge < -0.3 is 11.1 Å². The van der Waals surface area contributed by atoms with Crippen LogP contribution in [0, 0.1) is 0 Å². The van der Waals surface area contributed by atoms with Crippen molar-refractivity contribution in [1.82, 2.24) is 5.32 Å². The van der Waals surface area contributed by atoms with Crippen molar-refractivity contribution in [2.45, 2.75) is 527 Å². The molecule has 0 aromatic heterocycles. The standard InChI is InChI=1S/C84H170N2O/c1-2-3-4-5-6-7-8-9-10-11-12-13-14-15-16-17-18-19-20-21-22-23-24-25-26-27-28-29-30-31-32-33-34-35-36-37-38-39-40-41-42-43-44-45-46-47-48-49-50-51-52-53-54-55-56-57-58-59-60-61-62-63-64-65-66-67-68-69-70-71-72-73-74-75-76-77-78-79-80-81-82-83-86-84(85)87/h2-83H2,1H3,(H3,85,86,87). The first-order valence-electron chi connectivity index (χ1n) is 42.3. The maximum absolute atomic E-state index is 10.7. The summed E-state index contributed by atoms with van der Waals surface area (Å²) in [5, 5.41) is 2.67. The third kappa shape index (κ3) is 85.3. The predicted molar refractivity (Wildman–Crippen MR) is 397 cm³/mol. The van der Waals surface area contributed by atoms with E-state index in [0.29, 0.717) is 0 Å². The van der Waals surface area contributed by atoms with Crippen LogP contribution in [-0.2, 0) is 0 Å². The molecule has 0 spiro atoms. The van der Waals surface area contributed by atoms with Gasteiger partial charge in [0.1, 0.15) is 0 Å². The Balaban J connectivity index is 3.09. The Morgan fingerprint density at radius 1 is 0.161 bits per heavy atom. The topological polar surface area (TPSA) is 55.1 Å². The highest BCUT2D eigenvalue weighted by molar-refractivity contribution is 5.71. The molecule has 0 bridgehead atoms. The second-order valence-electron chi connectivity index (χ2n) is 29.6. The summed E-state index contributed by atoms with van der Waals surface area (Å²) in [6, 6.07) is -0.395. The van der Waals surface area contributed by atoms with E-state index in [1.54, 1.807) is 0 Å². The lowest BCUT2D eigenvalue weighted by molar-refractivity contribution is 0.248. The Morgan fingerprint density at radius 2 is 0.241 bits per heavy atom. The van der Waals surface area contributed by atoms with Gasteiger partial charge in [0.25, 0.3) is 0 Å². The minimum Gasteiger partial charge on any atom is -0.352 e. The summed E-state index contributed by atoms with van der Waals surface area (Å²) in [6.07, 6.45) is 119. The molecule has 3 N–H and O–H groups in total. The van der Waals surface area contributed by atoms with Gasteiger partial charge in [0.05, 0.1) is 0 Å². The Kier molecular flexibility index (Phi) is 82.6. The smallest absolute Gasteiger partial charge is 0.312 e. The van der Waals surface area contributed by atoms with Crippen molar-refractivity contribution in [3.8, 4) is 0 Å². The number of urea groups is 1. The molecule has 87 heavy (non-hydrogen) atoms. The van der Waals surface area contributed by atoms with E-state index in [1.165, 1.54) is 514 Å². The molecular formula is C84H170N2O. The minimum absolute atomic E-state index is 0.395. The number of nitrogens with two attached hydrogens (primary N) is 1. The molecule has 3 nitrogen and oxygen atoms in total. The average Bonchev–Trinajstić information content (AvgIpc) is 3.52. The summed E-state index contributed by atoms with van der Waals surface area (Å²) in [7, 11) is 0. The molecule has 0 saturated heterocycles.